The van der Waals surface area contributed by atoms with Gasteiger partial charge in [-0.05, 0) is 43.9 Å². The average Bonchev–Trinajstić information content (AvgIpc) is 3.23. The van der Waals surface area contributed by atoms with E-state index >= 15 is 0 Å². The van der Waals surface area contributed by atoms with E-state index in [0.717, 1.165) is 48.3 Å². The van der Waals surface area contributed by atoms with Crippen LogP contribution in [-0.4, -0.2) is 21.7 Å². The van der Waals surface area contributed by atoms with Crippen LogP contribution >= 0.6 is 11.6 Å². The SMILES string of the molecule is CCc1nn(-c2cccc(Cl)c2)c(CC)c1C(=O)NC1CC1. The molecule has 1 saturated carbocycles. The lowest BCUT2D eigenvalue weighted by molar-refractivity contribution is 0.0949. The smallest absolute Gasteiger partial charge is 0.255 e. The summed E-state index contributed by atoms with van der Waals surface area (Å²) in [5, 5.41) is 8.40. The van der Waals surface area contributed by atoms with Crippen molar-refractivity contribution in [1.82, 2.24) is 15.1 Å². The van der Waals surface area contributed by atoms with Crippen LogP contribution in [0.25, 0.3) is 5.69 Å². The van der Waals surface area contributed by atoms with Crippen molar-refractivity contribution in [2.24, 2.45) is 0 Å². The highest BCUT2D eigenvalue weighted by atomic mass is 35.5. The van der Waals surface area contributed by atoms with Gasteiger partial charge in [-0.15, -0.1) is 0 Å². The average molecular weight is 318 g/mol. The Bertz CT molecular complexity index is 704. The van der Waals surface area contributed by atoms with E-state index < -0.39 is 0 Å². The normalized spacial score (nSPS) is 14.1. The number of hydrogen-bond acceptors (Lipinski definition) is 2. The van der Waals surface area contributed by atoms with Crippen molar-refractivity contribution in [3.05, 3.63) is 46.2 Å². The summed E-state index contributed by atoms with van der Waals surface area (Å²) < 4.78 is 1.85. The van der Waals surface area contributed by atoms with E-state index in [1.165, 1.54) is 0 Å². The van der Waals surface area contributed by atoms with Crippen molar-refractivity contribution in [2.45, 2.75) is 45.6 Å². The molecule has 1 aromatic carbocycles. The molecule has 1 aromatic heterocycles. The Morgan fingerprint density at radius 1 is 1.36 bits per heavy atom. The number of hydrogen-bond donors (Lipinski definition) is 1. The van der Waals surface area contributed by atoms with Gasteiger partial charge in [-0.25, -0.2) is 4.68 Å². The summed E-state index contributed by atoms with van der Waals surface area (Å²) in [5.74, 6) is 0.00415. The van der Waals surface area contributed by atoms with Gasteiger partial charge in [-0.1, -0.05) is 31.5 Å². The first kappa shape index (κ1) is 15.1. The number of carbonyl (C=O) groups is 1. The molecule has 0 aliphatic heterocycles. The molecule has 0 atom stereocenters. The second kappa shape index (κ2) is 6.13. The van der Waals surface area contributed by atoms with Gasteiger partial charge in [0.15, 0.2) is 0 Å². The minimum atomic E-state index is 0.00415. The van der Waals surface area contributed by atoms with E-state index in [4.69, 9.17) is 11.6 Å². The lowest BCUT2D eigenvalue weighted by atomic mass is 10.1. The maximum Gasteiger partial charge on any atom is 0.255 e. The molecule has 116 valence electrons. The molecule has 0 bridgehead atoms. The third kappa shape index (κ3) is 2.88. The Labute approximate surface area is 135 Å². The monoisotopic (exact) mass is 317 g/mol. The third-order valence-electron chi connectivity index (χ3n) is 3.92. The summed E-state index contributed by atoms with van der Waals surface area (Å²) in [6.07, 6.45) is 3.63. The number of aryl methyl sites for hydroxylation is 1. The van der Waals surface area contributed by atoms with Gasteiger partial charge in [-0.2, -0.15) is 5.10 Å². The summed E-state index contributed by atoms with van der Waals surface area (Å²) in [6, 6.07) is 7.91. The fraction of sp³-hybridized carbons (Fsp3) is 0.412. The molecule has 0 saturated heterocycles. The summed E-state index contributed by atoms with van der Waals surface area (Å²) in [6.45, 7) is 4.07. The Morgan fingerprint density at radius 3 is 2.73 bits per heavy atom. The highest BCUT2D eigenvalue weighted by molar-refractivity contribution is 6.30. The van der Waals surface area contributed by atoms with Gasteiger partial charge in [-0.3, -0.25) is 4.79 Å². The van der Waals surface area contributed by atoms with Gasteiger partial charge in [0.2, 0.25) is 0 Å². The molecule has 1 heterocycles. The van der Waals surface area contributed by atoms with Crippen molar-refractivity contribution in [3.63, 3.8) is 0 Å². The Kier molecular flexibility index (Phi) is 4.21. The first-order valence-corrected chi connectivity index (χ1v) is 8.19. The van der Waals surface area contributed by atoms with Crippen LogP contribution in [0.5, 0.6) is 0 Å². The first-order chi connectivity index (χ1) is 10.6. The predicted molar refractivity (Wildman–Crippen MR) is 87.8 cm³/mol. The second-order valence-corrected chi connectivity index (χ2v) is 6.05. The zero-order valence-electron chi connectivity index (χ0n) is 12.9. The lowest BCUT2D eigenvalue weighted by Gasteiger charge is -2.08. The highest BCUT2D eigenvalue weighted by Gasteiger charge is 2.28. The lowest BCUT2D eigenvalue weighted by Crippen LogP contribution is -2.27. The molecule has 22 heavy (non-hydrogen) atoms. The van der Waals surface area contributed by atoms with Gasteiger partial charge in [0.25, 0.3) is 5.91 Å². The fourth-order valence-electron chi connectivity index (χ4n) is 2.65. The molecule has 2 aromatic rings. The molecule has 1 aliphatic rings. The zero-order valence-corrected chi connectivity index (χ0v) is 13.7. The molecule has 3 rings (SSSR count). The molecular weight excluding hydrogens is 298 g/mol. The molecule has 4 nitrogen and oxygen atoms in total. The molecule has 0 unspecified atom stereocenters. The van der Waals surface area contributed by atoms with Crippen LogP contribution in [0.4, 0.5) is 0 Å². The summed E-state index contributed by atoms with van der Waals surface area (Å²) >= 11 is 6.09. The molecule has 1 amide bonds. The van der Waals surface area contributed by atoms with Gasteiger partial charge in [0, 0.05) is 11.1 Å². The van der Waals surface area contributed by atoms with E-state index in [2.05, 4.69) is 10.4 Å². The Balaban J connectivity index is 2.07. The first-order valence-electron chi connectivity index (χ1n) is 7.81. The maximum absolute atomic E-state index is 12.6. The van der Waals surface area contributed by atoms with Crippen LogP contribution in [0.15, 0.2) is 24.3 Å². The van der Waals surface area contributed by atoms with Crippen molar-refractivity contribution in [3.8, 4) is 5.69 Å². The predicted octanol–water partition coefficient (Wildman–Crippen LogP) is 3.54. The number of carbonyl (C=O) groups excluding carboxylic acids is 1. The van der Waals surface area contributed by atoms with Crippen molar-refractivity contribution >= 4 is 17.5 Å². The minimum Gasteiger partial charge on any atom is -0.349 e. The molecular formula is C17H20ClN3O. The molecule has 1 fully saturated rings. The molecule has 5 heteroatoms. The van der Waals surface area contributed by atoms with E-state index in [-0.39, 0.29) is 5.91 Å². The fourth-order valence-corrected chi connectivity index (χ4v) is 2.83. The molecule has 1 aliphatic carbocycles. The Hall–Kier alpha value is -1.81. The topological polar surface area (TPSA) is 46.9 Å². The van der Waals surface area contributed by atoms with Crippen LogP contribution in [0, 0.1) is 0 Å². The zero-order chi connectivity index (χ0) is 15.7. The molecule has 1 N–H and O–H groups in total. The maximum atomic E-state index is 12.6. The molecule has 0 radical (unpaired) electrons. The third-order valence-corrected chi connectivity index (χ3v) is 4.15. The Morgan fingerprint density at radius 2 is 2.14 bits per heavy atom. The number of rotatable bonds is 5. The van der Waals surface area contributed by atoms with Crippen LogP contribution in [0.1, 0.15) is 48.4 Å². The number of amides is 1. The number of nitrogens with zero attached hydrogens (tertiary/aromatic N) is 2. The van der Waals surface area contributed by atoms with Crippen molar-refractivity contribution in [2.75, 3.05) is 0 Å². The summed E-state index contributed by atoms with van der Waals surface area (Å²) in [7, 11) is 0. The van der Waals surface area contributed by atoms with Crippen LogP contribution in [-0.2, 0) is 12.8 Å². The minimum absolute atomic E-state index is 0.00415. The van der Waals surface area contributed by atoms with Gasteiger partial charge < -0.3 is 5.32 Å². The quantitative estimate of drug-likeness (QED) is 0.916. The van der Waals surface area contributed by atoms with Gasteiger partial charge in [0.1, 0.15) is 0 Å². The number of aromatic nitrogens is 2. The van der Waals surface area contributed by atoms with E-state index in [1.54, 1.807) is 0 Å². The number of halogens is 1. The van der Waals surface area contributed by atoms with Gasteiger partial charge >= 0.3 is 0 Å². The van der Waals surface area contributed by atoms with Crippen LogP contribution < -0.4 is 5.32 Å². The van der Waals surface area contributed by atoms with Crippen molar-refractivity contribution < 1.29 is 4.79 Å². The molecule has 0 spiro atoms. The summed E-state index contributed by atoms with van der Waals surface area (Å²) in [4.78, 5) is 12.6. The number of benzene rings is 1. The van der Waals surface area contributed by atoms with E-state index in [1.807, 2.05) is 42.8 Å². The summed E-state index contributed by atoms with van der Waals surface area (Å²) in [5.41, 5.74) is 3.41. The largest absolute Gasteiger partial charge is 0.349 e. The standard InChI is InChI=1S/C17H20ClN3O/c1-3-14-16(17(22)19-12-8-9-12)15(4-2)21(20-14)13-7-5-6-11(18)10-13/h5-7,10,12H,3-4,8-9H2,1-2H3,(H,19,22). The highest BCUT2D eigenvalue weighted by Crippen LogP contribution is 2.24. The van der Waals surface area contributed by atoms with Crippen LogP contribution in [0.3, 0.4) is 0 Å². The van der Waals surface area contributed by atoms with E-state index in [9.17, 15) is 4.79 Å². The van der Waals surface area contributed by atoms with E-state index in [0.29, 0.717) is 11.1 Å². The second-order valence-electron chi connectivity index (χ2n) is 5.61. The van der Waals surface area contributed by atoms with Crippen molar-refractivity contribution in [1.29, 1.82) is 0 Å². The van der Waals surface area contributed by atoms with Crippen LogP contribution in [0.2, 0.25) is 5.02 Å². The van der Waals surface area contributed by atoms with Gasteiger partial charge in [0.05, 0.1) is 22.6 Å². The number of nitrogens with one attached hydrogen (secondary N) is 1.